The zero-order chi connectivity index (χ0) is 14.2. The van der Waals surface area contributed by atoms with Crippen LogP contribution in [0.15, 0.2) is 54.6 Å². The molecule has 2 aromatic carbocycles. The Morgan fingerprint density at radius 1 is 1.05 bits per heavy atom. The maximum Gasteiger partial charge on any atom is 0.119 e. The predicted octanol–water partition coefficient (Wildman–Crippen LogP) is 4.81. The van der Waals surface area contributed by atoms with Crippen LogP contribution in [-0.2, 0) is 0 Å². The zero-order valence-electron chi connectivity index (χ0n) is 11.1. The van der Waals surface area contributed by atoms with Gasteiger partial charge in [0.05, 0.1) is 18.6 Å². The zero-order valence-corrected chi connectivity index (χ0v) is 11.9. The molecule has 2 aromatic rings. The molecule has 0 saturated heterocycles. The van der Waals surface area contributed by atoms with Crippen LogP contribution in [-0.4, -0.2) is 6.61 Å². The molecule has 2 rings (SSSR count). The Hall–Kier alpha value is -1.98. The lowest BCUT2D eigenvalue weighted by molar-refractivity contribution is 0.305. The van der Waals surface area contributed by atoms with Crippen LogP contribution < -0.4 is 4.74 Å². The predicted molar refractivity (Wildman–Crippen MR) is 81.0 cm³/mol. The average molecular weight is 286 g/mol. The van der Waals surface area contributed by atoms with Crippen LogP contribution in [0.3, 0.4) is 0 Å². The summed E-state index contributed by atoms with van der Waals surface area (Å²) in [6.45, 7) is 0.604. The molecule has 0 fully saturated rings. The SMILES string of the molecule is N#CC(CCCOc1ccc(Cl)cc1)c1ccccc1. The fraction of sp³-hybridized carbons (Fsp3) is 0.235. The van der Waals surface area contributed by atoms with Crippen molar-refractivity contribution in [3.63, 3.8) is 0 Å². The molecular formula is C17H16ClNO. The summed E-state index contributed by atoms with van der Waals surface area (Å²) in [6.07, 6.45) is 1.64. The van der Waals surface area contributed by atoms with Crippen molar-refractivity contribution in [2.75, 3.05) is 6.61 Å². The molecule has 0 aliphatic carbocycles. The number of rotatable bonds is 6. The first-order valence-electron chi connectivity index (χ1n) is 6.62. The molecule has 0 aliphatic rings. The lowest BCUT2D eigenvalue weighted by Gasteiger charge is -2.10. The molecule has 0 bridgehead atoms. The summed E-state index contributed by atoms with van der Waals surface area (Å²) in [6, 6.07) is 19.5. The summed E-state index contributed by atoms with van der Waals surface area (Å²) < 4.78 is 5.62. The second-order valence-electron chi connectivity index (χ2n) is 4.54. The van der Waals surface area contributed by atoms with Crippen molar-refractivity contribution in [2.24, 2.45) is 0 Å². The lowest BCUT2D eigenvalue weighted by atomic mass is 9.96. The van der Waals surface area contributed by atoms with E-state index in [-0.39, 0.29) is 5.92 Å². The highest BCUT2D eigenvalue weighted by Crippen LogP contribution is 2.21. The van der Waals surface area contributed by atoms with Crippen LogP contribution >= 0.6 is 11.6 Å². The van der Waals surface area contributed by atoms with Gasteiger partial charge in [0.2, 0.25) is 0 Å². The van der Waals surface area contributed by atoms with E-state index in [1.165, 1.54) is 0 Å². The van der Waals surface area contributed by atoms with Gasteiger partial charge in [0.1, 0.15) is 5.75 Å². The quantitative estimate of drug-likeness (QED) is 0.714. The third-order valence-corrected chi connectivity index (χ3v) is 3.33. The Bertz CT molecular complexity index is 560. The molecule has 0 radical (unpaired) electrons. The Morgan fingerprint density at radius 2 is 1.75 bits per heavy atom. The molecule has 0 amide bonds. The van der Waals surface area contributed by atoms with Gasteiger partial charge in [-0.15, -0.1) is 0 Å². The van der Waals surface area contributed by atoms with Crippen LogP contribution in [0.2, 0.25) is 5.02 Å². The van der Waals surface area contributed by atoms with Gasteiger partial charge in [-0.2, -0.15) is 5.26 Å². The van der Waals surface area contributed by atoms with E-state index in [4.69, 9.17) is 16.3 Å². The Labute approximate surface area is 124 Å². The van der Waals surface area contributed by atoms with Gasteiger partial charge in [-0.3, -0.25) is 0 Å². The van der Waals surface area contributed by atoms with Gasteiger partial charge in [-0.05, 0) is 42.7 Å². The van der Waals surface area contributed by atoms with E-state index in [1.54, 1.807) is 12.1 Å². The normalized spacial score (nSPS) is 11.6. The number of hydrogen-bond donors (Lipinski definition) is 0. The maximum atomic E-state index is 9.22. The fourth-order valence-electron chi connectivity index (χ4n) is 2.00. The summed E-state index contributed by atoms with van der Waals surface area (Å²) in [4.78, 5) is 0. The van der Waals surface area contributed by atoms with Gasteiger partial charge in [0.25, 0.3) is 0 Å². The van der Waals surface area contributed by atoms with Crippen LogP contribution in [0.25, 0.3) is 0 Å². The summed E-state index contributed by atoms with van der Waals surface area (Å²) in [5, 5.41) is 9.92. The summed E-state index contributed by atoms with van der Waals surface area (Å²) >= 11 is 5.81. The minimum atomic E-state index is -0.0648. The molecule has 1 unspecified atom stereocenters. The number of benzene rings is 2. The van der Waals surface area contributed by atoms with Crippen LogP contribution in [0, 0.1) is 11.3 Å². The van der Waals surface area contributed by atoms with Crippen LogP contribution in [0.1, 0.15) is 24.3 Å². The Kier molecular flexibility index (Phi) is 5.46. The lowest BCUT2D eigenvalue weighted by Crippen LogP contribution is -2.02. The van der Waals surface area contributed by atoms with E-state index in [1.807, 2.05) is 42.5 Å². The molecule has 0 aromatic heterocycles. The highest BCUT2D eigenvalue weighted by molar-refractivity contribution is 6.30. The van der Waals surface area contributed by atoms with Gasteiger partial charge in [-0.25, -0.2) is 0 Å². The molecule has 0 aliphatic heterocycles. The summed E-state index contributed by atoms with van der Waals surface area (Å²) in [7, 11) is 0. The molecule has 20 heavy (non-hydrogen) atoms. The van der Waals surface area contributed by atoms with Crippen molar-refractivity contribution >= 4 is 11.6 Å². The third-order valence-electron chi connectivity index (χ3n) is 3.08. The van der Waals surface area contributed by atoms with E-state index >= 15 is 0 Å². The molecule has 3 heteroatoms. The first-order valence-corrected chi connectivity index (χ1v) is 7.00. The second-order valence-corrected chi connectivity index (χ2v) is 4.97. The van der Waals surface area contributed by atoms with Crippen molar-refractivity contribution < 1.29 is 4.74 Å². The molecule has 2 nitrogen and oxygen atoms in total. The van der Waals surface area contributed by atoms with Gasteiger partial charge in [0.15, 0.2) is 0 Å². The van der Waals surface area contributed by atoms with E-state index in [9.17, 15) is 5.26 Å². The van der Waals surface area contributed by atoms with Crippen molar-refractivity contribution in [2.45, 2.75) is 18.8 Å². The molecule has 0 saturated carbocycles. The summed E-state index contributed by atoms with van der Waals surface area (Å²) in [5.74, 6) is 0.743. The number of hydrogen-bond acceptors (Lipinski definition) is 2. The highest BCUT2D eigenvalue weighted by atomic mass is 35.5. The molecule has 102 valence electrons. The number of ether oxygens (including phenoxy) is 1. The van der Waals surface area contributed by atoms with E-state index in [2.05, 4.69) is 6.07 Å². The minimum Gasteiger partial charge on any atom is -0.494 e. The molecule has 0 heterocycles. The Morgan fingerprint density at radius 3 is 2.40 bits per heavy atom. The molecule has 1 atom stereocenters. The number of nitriles is 1. The third kappa shape index (κ3) is 4.29. The summed E-state index contributed by atoms with van der Waals surface area (Å²) in [5.41, 5.74) is 1.07. The monoisotopic (exact) mass is 285 g/mol. The Balaban J connectivity index is 1.78. The van der Waals surface area contributed by atoms with Gasteiger partial charge < -0.3 is 4.74 Å². The van der Waals surface area contributed by atoms with Crippen molar-refractivity contribution in [3.8, 4) is 11.8 Å². The molecular weight excluding hydrogens is 270 g/mol. The molecule has 0 N–H and O–H groups in total. The second kappa shape index (κ2) is 7.57. The van der Waals surface area contributed by atoms with Gasteiger partial charge in [-0.1, -0.05) is 41.9 Å². The topological polar surface area (TPSA) is 33.0 Å². The van der Waals surface area contributed by atoms with E-state index < -0.39 is 0 Å². The standard InChI is InChI=1S/C17H16ClNO/c18-16-8-10-17(11-9-16)20-12-4-7-15(13-19)14-5-2-1-3-6-14/h1-3,5-6,8-11,15H,4,7,12H2. The van der Waals surface area contributed by atoms with Crippen molar-refractivity contribution in [1.29, 1.82) is 5.26 Å². The minimum absolute atomic E-state index is 0.0648. The van der Waals surface area contributed by atoms with E-state index in [0.717, 1.165) is 24.2 Å². The van der Waals surface area contributed by atoms with Crippen molar-refractivity contribution in [3.05, 3.63) is 65.2 Å². The van der Waals surface area contributed by atoms with Crippen molar-refractivity contribution in [1.82, 2.24) is 0 Å². The number of halogens is 1. The fourth-order valence-corrected chi connectivity index (χ4v) is 2.13. The molecule has 0 spiro atoms. The first kappa shape index (κ1) is 14.4. The van der Waals surface area contributed by atoms with E-state index in [0.29, 0.717) is 11.6 Å². The highest BCUT2D eigenvalue weighted by Gasteiger charge is 2.09. The van der Waals surface area contributed by atoms with Crippen LogP contribution in [0.4, 0.5) is 0 Å². The number of nitrogens with zero attached hydrogens (tertiary/aromatic N) is 1. The maximum absolute atomic E-state index is 9.22. The van der Waals surface area contributed by atoms with Gasteiger partial charge >= 0.3 is 0 Å². The smallest absolute Gasteiger partial charge is 0.119 e. The van der Waals surface area contributed by atoms with Gasteiger partial charge in [0, 0.05) is 5.02 Å². The van der Waals surface area contributed by atoms with Crippen LogP contribution in [0.5, 0.6) is 5.75 Å². The first-order chi connectivity index (χ1) is 9.79. The largest absolute Gasteiger partial charge is 0.494 e. The average Bonchev–Trinajstić information content (AvgIpc) is 2.50.